The molecule has 1 fully saturated rings. The molecule has 0 N–H and O–H groups in total. The van der Waals surface area contributed by atoms with Crippen molar-refractivity contribution in [3.8, 4) is 0 Å². The fourth-order valence-corrected chi connectivity index (χ4v) is 3.94. The predicted molar refractivity (Wildman–Crippen MR) is 112 cm³/mol. The first-order chi connectivity index (χ1) is 14.6. The summed E-state index contributed by atoms with van der Waals surface area (Å²) in [6.07, 6.45) is 3.78. The molecule has 152 valence electrons. The van der Waals surface area contributed by atoms with Gasteiger partial charge in [0.2, 0.25) is 5.91 Å². The summed E-state index contributed by atoms with van der Waals surface area (Å²) in [7, 11) is 0. The van der Waals surface area contributed by atoms with E-state index in [-0.39, 0.29) is 11.7 Å². The Hall–Kier alpha value is -3.55. The van der Waals surface area contributed by atoms with Gasteiger partial charge >= 0.3 is 0 Å². The molecule has 0 bridgehead atoms. The first-order valence-corrected chi connectivity index (χ1v) is 9.96. The second kappa shape index (κ2) is 7.37. The van der Waals surface area contributed by atoms with Crippen molar-refractivity contribution in [2.75, 3.05) is 31.1 Å². The van der Waals surface area contributed by atoms with E-state index >= 15 is 4.39 Å². The highest BCUT2D eigenvalue weighted by Crippen LogP contribution is 2.23. The van der Waals surface area contributed by atoms with E-state index in [9.17, 15) is 4.79 Å². The van der Waals surface area contributed by atoms with Crippen LogP contribution in [-0.2, 0) is 11.2 Å². The van der Waals surface area contributed by atoms with Gasteiger partial charge in [-0.3, -0.25) is 9.78 Å². The average Bonchev–Trinajstić information content (AvgIpc) is 3.18. The molecule has 0 spiro atoms. The molecule has 7 nitrogen and oxygen atoms in total. The molecule has 1 aliphatic rings. The number of anilines is 1. The van der Waals surface area contributed by atoms with E-state index in [1.165, 1.54) is 0 Å². The van der Waals surface area contributed by atoms with Crippen LogP contribution in [0, 0.1) is 5.82 Å². The van der Waals surface area contributed by atoms with E-state index in [2.05, 4.69) is 14.9 Å². The van der Waals surface area contributed by atoms with Gasteiger partial charge in [-0.25, -0.2) is 13.9 Å². The van der Waals surface area contributed by atoms with Crippen LogP contribution in [0.5, 0.6) is 0 Å². The first kappa shape index (κ1) is 18.5. The van der Waals surface area contributed by atoms with Crippen LogP contribution in [-0.4, -0.2) is 56.6 Å². The van der Waals surface area contributed by atoms with Crippen LogP contribution in [0.15, 0.2) is 48.8 Å². The van der Waals surface area contributed by atoms with E-state index < -0.39 is 0 Å². The summed E-state index contributed by atoms with van der Waals surface area (Å²) in [6.45, 7) is 4.42. The molecule has 0 unspecified atom stereocenters. The van der Waals surface area contributed by atoms with Gasteiger partial charge in [0.25, 0.3) is 0 Å². The molecule has 1 amide bonds. The quantitative estimate of drug-likeness (QED) is 0.525. The minimum Gasteiger partial charge on any atom is -0.352 e. The maximum atomic E-state index is 15.0. The normalized spacial score (nSPS) is 14.6. The standard InChI is InChI=1S/C22H21FN6O/c1-15(30)27-9-11-28(12-10-27)21-7-6-20-25-14-17(29(20)26-21)13-16-4-5-19-18(22(16)23)3-2-8-24-19/h2-8,14H,9-13H2,1H3. The molecular formula is C22H21FN6O. The summed E-state index contributed by atoms with van der Waals surface area (Å²) in [5, 5.41) is 5.27. The van der Waals surface area contributed by atoms with Gasteiger partial charge in [-0.15, -0.1) is 5.10 Å². The Morgan fingerprint density at radius 3 is 2.70 bits per heavy atom. The number of carbonyl (C=O) groups is 1. The number of carbonyl (C=O) groups excluding carboxylic acids is 1. The van der Waals surface area contributed by atoms with E-state index in [0.29, 0.717) is 36.0 Å². The Balaban J connectivity index is 1.44. The number of imidazole rings is 1. The maximum absolute atomic E-state index is 15.0. The Labute approximate surface area is 172 Å². The highest BCUT2D eigenvalue weighted by atomic mass is 19.1. The third kappa shape index (κ3) is 3.24. The summed E-state index contributed by atoms with van der Waals surface area (Å²) in [5.74, 6) is 0.669. The molecule has 30 heavy (non-hydrogen) atoms. The smallest absolute Gasteiger partial charge is 0.219 e. The minimum atomic E-state index is -0.257. The molecule has 5 rings (SSSR count). The number of fused-ring (bicyclic) bond motifs is 2. The fourth-order valence-electron chi connectivity index (χ4n) is 3.94. The van der Waals surface area contributed by atoms with Gasteiger partial charge in [-0.2, -0.15) is 0 Å². The Kier molecular flexibility index (Phi) is 4.54. The number of nitrogens with zero attached hydrogens (tertiary/aromatic N) is 6. The van der Waals surface area contributed by atoms with Crippen LogP contribution < -0.4 is 4.90 Å². The topological polar surface area (TPSA) is 66.6 Å². The number of rotatable bonds is 3. The van der Waals surface area contributed by atoms with Crippen LogP contribution in [0.2, 0.25) is 0 Å². The second-order valence-electron chi connectivity index (χ2n) is 7.49. The Bertz CT molecular complexity index is 1250. The van der Waals surface area contributed by atoms with Gasteiger partial charge in [0, 0.05) is 51.1 Å². The summed E-state index contributed by atoms with van der Waals surface area (Å²) < 4.78 is 16.8. The molecule has 0 radical (unpaired) electrons. The summed E-state index contributed by atoms with van der Waals surface area (Å²) >= 11 is 0. The number of pyridine rings is 1. The molecular weight excluding hydrogens is 383 g/mol. The second-order valence-corrected chi connectivity index (χ2v) is 7.49. The molecule has 1 aliphatic heterocycles. The number of benzene rings is 1. The number of halogens is 1. The summed E-state index contributed by atoms with van der Waals surface area (Å²) in [6, 6.07) is 11.0. The molecule has 1 saturated heterocycles. The van der Waals surface area contributed by atoms with E-state index in [0.717, 1.165) is 30.2 Å². The Morgan fingerprint density at radius 2 is 1.90 bits per heavy atom. The lowest BCUT2D eigenvalue weighted by Gasteiger charge is -2.34. The van der Waals surface area contributed by atoms with E-state index in [4.69, 9.17) is 5.10 Å². The number of hydrogen-bond donors (Lipinski definition) is 0. The van der Waals surface area contributed by atoms with Crippen molar-refractivity contribution in [1.82, 2.24) is 24.5 Å². The lowest BCUT2D eigenvalue weighted by atomic mass is 10.1. The summed E-state index contributed by atoms with van der Waals surface area (Å²) in [5.41, 5.74) is 2.76. The number of aromatic nitrogens is 4. The third-order valence-electron chi connectivity index (χ3n) is 5.64. The van der Waals surface area contributed by atoms with Gasteiger partial charge < -0.3 is 9.80 Å². The van der Waals surface area contributed by atoms with Gasteiger partial charge in [-0.1, -0.05) is 6.07 Å². The predicted octanol–water partition coefficient (Wildman–Crippen LogP) is 2.68. The molecule has 4 aromatic rings. The van der Waals surface area contributed by atoms with Crippen molar-refractivity contribution >= 4 is 28.3 Å². The van der Waals surface area contributed by atoms with Crippen LogP contribution >= 0.6 is 0 Å². The maximum Gasteiger partial charge on any atom is 0.219 e. The van der Waals surface area contributed by atoms with Crippen LogP contribution in [0.1, 0.15) is 18.2 Å². The van der Waals surface area contributed by atoms with Crippen LogP contribution in [0.4, 0.5) is 10.2 Å². The van der Waals surface area contributed by atoms with Crippen molar-refractivity contribution in [2.45, 2.75) is 13.3 Å². The zero-order valence-electron chi connectivity index (χ0n) is 16.6. The largest absolute Gasteiger partial charge is 0.352 e. The molecule has 0 aliphatic carbocycles. The Morgan fingerprint density at radius 1 is 1.07 bits per heavy atom. The molecule has 3 aromatic heterocycles. The summed E-state index contributed by atoms with van der Waals surface area (Å²) in [4.78, 5) is 24.2. The highest BCUT2D eigenvalue weighted by Gasteiger charge is 2.20. The van der Waals surface area contributed by atoms with Gasteiger partial charge in [0.1, 0.15) is 11.6 Å². The molecule has 4 heterocycles. The van der Waals surface area contributed by atoms with Crippen molar-refractivity contribution in [1.29, 1.82) is 0 Å². The zero-order valence-corrected chi connectivity index (χ0v) is 16.6. The number of hydrogen-bond acceptors (Lipinski definition) is 5. The molecule has 8 heteroatoms. The van der Waals surface area contributed by atoms with Gasteiger partial charge in [0.05, 0.1) is 17.4 Å². The average molecular weight is 404 g/mol. The van der Waals surface area contributed by atoms with Crippen molar-refractivity contribution in [3.63, 3.8) is 0 Å². The monoisotopic (exact) mass is 404 g/mol. The fraction of sp³-hybridized carbons (Fsp3) is 0.273. The van der Waals surface area contributed by atoms with Gasteiger partial charge in [0.15, 0.2) is 5.65 Å². The minimum absolute atomic E-state index is 0.0996. The zero-order chi connectivity index (χ0) is 20.7. The van der Waals surface area contributed by atoms with Gasteiger partial charge in [-0.05, 0) is 35.9 Å². The molecule has 0 atom stereocenters. The molecule has 1 aromatic carbocycles. The van der Waals surface area contributed by atoms with Crippen molar-refractivity contribution < 1.29 is 9.18 Å². The number of amides is 1. The van der Waals surface area contributed by atoms with Crippen molar-refractivity contribution in [2.24, 2.45) is 0 Å². The van der Waals surface area contributed by atoms with Crippen LogP contribution in [0.25, 0.3) is 16.6 Å². The van der Waals surface area contributed by atoms with Crippen molar-refractivity contribution in [3.05, 3.63) is 65.9 Å². The molecule has 0 saturated carbocycles. The lowest BCUT2D eigenvalue weighted by molar-refractivity contribution is -0.129. The first-order valence-electron chi connectivity index (χ1n) is 9.96. The lowest BCUT2D eigenvalue weighted by Crippen LogP contribution is -2.48. The number of piperazine rings is 1. The SMILES string of the molecule is CC(=O)N1CCN(c2ccc3ncc(Cc4ccc5ncccc5c4F)n3n2)CC1. The van der Waals surface area contributed by atoms with E-state index in [1.54, 1.807) is 42.0 Å². The van der Waals surface area contributed by atoms with Crippen LogP contribution in [0.3, 0.4) is 0 Å². The highest BCUT2D eigenvalue weighted by molar-refractivity contribution is 5.80. The third-order valence-corrected chi connectivity index (χ3v) is 5.64. The van der Waals surface area contributed by atoms with E-state index in [1.807, 2.05) is 23.1 Å².